The number of carbonyl (C=O) groups is 1. The van der Waals surface area contributed by atoms with E-state index in [1.54, 1.807) is 0 Å². The Morgan fingerprint density at radius 2 is 1.90 bits per heavy atom. The Balaban J connectivity index is 2.21. The Morgan fingerprint density at radius 3 is 2.65 bits per heavy atom. The minimum Gasteiger partial charge on any atom is -0.465 e. The third kappa shape index (κ3) is 2.07. The van der Waals surface area contributed by atoms with Crippen LogP contribution in [0.2, 0.25) is 0 Å². The summed E-state index contributed by atoms with van der Waals surface area (Å²) in [6.07, 6.45) is 1.82. The molecule has 0 spiro atoms. The van der Waals surface area contributed by atoms with Gasteiger partial charge in [0.1, 0.15) is 0 Å². The molecule has 2 heterocycles. The monoisotopic (exact) mass is 265 g/mol. The number of aryl methyl sites for hydroxylation is 1. The average molecular weight is 265 g/mol. The predicted octanol–water partition coefficient (Wildman–Crippen LogP) is 3.70. The number of rotatable bonds is 2. The summed E-state index contributed by atoms with van der Waals surface area (Å²) < 4.78 is 6.79. The van der Waals surface area contributed by atoms with Crippen LogP contribution in [0.4, 0.5) is 0 Å². The SMILES string of the molecule is COC(=O)c1cc2cccc(-c3cccc(C)c3)n2c1. The lowest BCUT2D eigenvalue weighted by molar-refractivity contribution is 0.0601. The Bertz CT molecular complexity index is 787. The summed E-state index contributed by atoms with van der Waals surface area (Å²) >= 11 is 0. The van der Waals surface area contributed by atoms with E-state index < -0.39 is 0 Å². The van der Waals surface area contributed by atoms with Gasteiger partial charge in [-0.25, -0.2) is 4.79 Å². The highest BCUT2D eigenvalue weighted by atomic mass is 16.5. The molecule has 3 rings (SSSR count). The van der Waals surface area contributed by atoms with E-state index in [0.29, 0.717) is 5.56 Å². The van der Waals surface area contributed by atoms with Crippen LogP contribution in [-0.4, -0.2) is 17.5 Å². The van der Waals surface area contributed by atoms with Gasteiger partial charge in [-0.15, -0.1) is 0 Å². The van der Waals surface area contributed by atoms with Crippen LogP contribution in [0.25, 0.3) is 16.8 Å². The number of esters is 1. The molecule has 3 heteroatoms. The smallest absolute Gasteiger partial charge is 0.339 e. The van der Waals surface area contributed by atoms with Crippen LogP contribution in [0.1, 0.15) is 15.9 Å². The van der Waals surface area contributed by atoms with E-state index in [9.17, 15) is 4.79 Å². The first-order valence-corrected chi connectivity index (χ1v) is 6.45. The zero-order valence-corrected chi connectivity index (χ0v) is 11.5. The van der Waals surface area contributed by atoms with Crippen molar-refractivity contribution >= 4 is 11.5 Å². The summed E-state index contributed by atoms with van der Waals surface area (Å²) in [7, 11) is 1.39. The van der Waals surface area contributed by atoms with E-state index in [-0.39, 0.29) is 5.97 Å². The number of hydrogen-bond donors (Lipinski definition) is 0. The lowest BCUT2D eigenvalue weighted by Gasteiger charge is -2.07. The number of fused-ring (bicyclic) bond motifs is 1. The van der Waals surface area contributed by atoms with Crippen LogP contribution in [0, 0.1) is 6.92 Å². The van der Waals surface area contributed by atoms with E-state index in [1.807, 2.05) is 40.9 Å². The molecule has 0 aliphatic heterocycles. The first-order chi connectivity index (χ1) is 9.69. The molecule has 0 amide bonds. The van der Waals surface area contributed by atoms with Gasteiger partial charge in [-0.2, -0.15) is 0 Å². The van der Waals surface area contributed by atoms with Gasteiger partial charge in [0.05, 0.1) is 18.4 Å². The van der Waals surface area contributed by atoms with Crippen LogP contribution < -0.4 is 0 Å². The van der Waals surface area contributed by atoms with Crippen molar-refractivity contribution in [3.8, 4) is 11.3 Å². The highest BCUT2D eigenvalue weighted by molar-refractivity contribution is 5.91. The summed E-state index contributed by atoms with van der Waals surface area (Å²) in [6.45, 7) is 2.07. The third-order valence-electron chi connectivity index (χ3n) is 3.37. The Labute approximate surface area is 117 Å². The molecule has 0 aliphatic carbocycles. The summed E-state index contributed by atoms with van der Waals surface area (Å²) in [6, 6.07) is 16.2. The van der Waals surface area contributed by atoms with Crippen LogP contribution in [0.5, 0.6) is 0 Å². The van der Waals surface area contributed by atoms with Gasteiger partial charge in [-0.3, -0.25) is 0 Å². The first kappa shape index (κ1) is 12.5. The molecule has 3 nitrogen and oxygen atoms in total. The number of benzene rings is 1. The van der Waals surface area contributed by atoms with Crippen LogP contribution in [-0.2, 0) is 4.74 Å². The molecular weight excluding hydrogens is 250 g/mol. The molecule has 3 aromatic rings. The fraction of sp³-hybridized carbons (Fsp3) is 0.118. The minimum atomic E-state index is -0.316. The van der Waals surface area contributed by atoms with Crippen molar-refractivity contribution in [3.63, 3.8) is 0 Å². The third-order valence-corrected chi connectivity index (χ3v) is 3.37. The van der Waals surface area contributed by atoms with Crippen LogP contribution >= 0.6 is 0 Å². The molecule has 2 aromatic heterocycles. The Hall–Kier alpha value is -2.55. The largest absolute Gasteiger partial charge is 0.465 e. The van der Waals surface area contributed by atoms with Crippen molar-refractivity contribution in [1.29, 1.82) is 0 Å². The molecule has 0 unspecified atom stereocenters. The van der Waals surface area contributed by atoms with Gasteiger partial charge >= 0.3 is 5.97 Å². The first-order valence-electron chi connectivity index (χ1n) is 6.45. The van der Waals surface area contributed by atoms with Crippen LogP contribution in [0.3, 0.4) is 0 Å². The Morgan fingerprint density at radius 1 is 1.10 bits per heavy atom. The second-order valence-electron chi connectivity index (χ2n) is 4.80. The molecule has 100 valence electrons. The van der Waals surface area contributed by atoms with Crippen molar-refractivity contribution in [3.05, 3.63) is 65.9 Å². The van der Waals surface area contributed by atoms with Gasteiger partial charge in [-0.05, 0) is 36.8 Å². The molecular formula is C17H15NO2. The normalized spacial score (nSPS) is 10.7. The van der Waals surface area contributed by atoms with E-state index in [0.717, 1.165) is 16.8 Å². The quantitative estimate of drug-likeness (QED) is 0.661. The number of aromatic nitrogens is 1. The number of pyridine rings is 1. The van der Waals surface area contributed by atoms with Crippen molar-refractivity contribution in [2.45, 2.75) is 6.92 Å². The van der Waals surface area contributed by atoms with Crippen LogP contribution in [0.15, 0.2) is 54.7 Å². The minimum absolute atomic E-state index is 0.316. The summed E-state index contributed by atoms with van der Waals surface area (Å²) in [5, 5.41) is 0. The molecule has 0 N–H and O–H groups in total. The lowest BCUT2D eigenvalue weighted by atomic mass is 10.1. The topological polar surface area (TPSA) is 30.7 Å². The zero-order valence-electron chi connectivity index (χ0n) is 11.5. The molecule has 0 saturated heterocycles. The molecule has 0 bridgehead atoms. The molecule has 0 aliphatic rings. The predicted molar refractivity (Wildman–Crippen MR) is 78.9 cm³/mol. The van der Waals surface area contributed by atoms with Crippen molar-refractivity contribution < 1.29 is 9.53 Å². The molecule has 0 atom stereocenters. The standard InChI is InChI=1S/C17H15NO2/c1-12-5-3-6-13(9-12)16-8-4-7-15-10-14(11-18(15)16)17(19)20-2/h3-11H,1-2H3. The number of nitrogens with zero attached hydrogens (tertiary/aromatic N) is 1. The summed E-state index contributed by atoms with van der Waals surface area (Å²) in [4.78, 5) is 11.6. The van der Waals surface area contributed by atoms with Gasteiger partial charge in [-0.1, -0.05) is 29.8 Å². The number of carbonyl (C=O) groups excluding carboxylic acids is 1. The van der Waals surface area contributed by atoms with Crippen molar-refractivity contribution in [2.24, 2.45) is 0 Å². The lowest BCUT2D eigenvalue weighted by Crippen LogP contribution is -1.98. The average Bonchev–Trinajstić information content (AvgIpc) is 2.90. The molecule has 0 radical (unpaired) electrons. The highest BCUT2D eigenvalue weighted by Gasteiger charge is 2.11. The Kier molecular flexibility index (Phi) is 3.03. The fourth-order valence-corrected chi connectivity index (χ4v) is 2.40. The van der Waals surface area contributed by atoms with Crippen molar-refractivity contribution in [2.75, 3.05) is 7.11 Å². The molecule has 20 heavy (non-hydrogen) atoms. The number of ether oxygens (including phenoxy) is 1. The van der Waals surface area contributed by atoms with E-state index >= 15 is 0 Å². The maximum Gasteiger partial charge on any atom is 0.339 e. The van der Waals surface area contributed by atoms with Gasteiger partial charge < -0.3 is 9.14 Å². The number of methoxy groups -OCH3 is 1. The molecule has 0 saturated carbocycles. The molecule has 1 aromatic carbocycles. The number of hydrogen-bond acceptors (Lipinski definition) is 2. The van der Waals surface area contributed by atoms with E-state index in [2.05, 4.69) is 25.1 Å². The van der Waals surface area contributed by atoms with Gasteiger partial charge in [0.25, 0.3) is 0 Å². The van der Waals surface area contributed by atoms with Gasteiger partial charge in [0.2, 0.25) is 0 Å². The van der Waals surface area contributed by atoms with Gasteiger partial charge in [0.15, 0.2) is 0 Å². The van der Waals surface area contributed by atoms with E-state index in [4.69, 9.17) is 4.74 Å². The second-order valence-corrected chi connectivity index (χ2v) is 4.80. The second kappa shape index (κ2) is 4.85. The zero-order chi connectivity index (χ0) is 14.1. The van der Waals surface area contributed by atoms with E-state index in [1.165, 1.54) is 12.7 Å². The van der Waals surface area contributed by atoms with Crippen molar-refractivity contribution in [1.82, 2.24) is 4.40 Å². The van der Waals surface area contributed by atoms with Gasteiger partial charge in [0, 0.05) is 11.7 Å². The summed E-state index contributed by atoms with van der Waals surface area (Å²) in [5.41, 5.74) is 4.93. The fourth-order valence-electron chi connectivity index (χ4n) is 2.40. The highest BCUT2D eigenvalue weighted by Crippen LogP contribution is 2.23. The maximum atomic E-state index is 11.6. The summed E-state index contributed by atoms with van der Waals surface area (Å²) in [5.74, 6) is -0.316. The molecule has 0 fully saturated rings. The maximum absolute atomic E-state index is 11.6.